The van der Waals surface area contributed by atoms with Crippen molar-refractivity contribution in [2.24, 2.45) is 0 Å². The number of carbonyl (C=O) groups is 1. The number of hydrogen-bond acceptors (Lipinski definition) is 4. The van der Waals surface area contributed by atoms with Gasteiger partial charge in [-0.2, -0.15) is 24.3 Å². The number of amides is 1. The van der Waals surface area contributed by atoms with Crippen LogP contribution in [0.2, 0.25) is 0 Å². The molecule has 0 aliphatic carbocycles. The monoisotopic (exact) mass is 452 g/mol. The fraction of sp³-hybridized carbons (Fsp3) is 0.240. The number of hydrogen-bond donors (Lipinski definition) is 1. The first-order valence-corrected chi connectivity index (χ1v) is 10.1. The minimum absolute atomic E-state index is 0. The van der Waals surface area contributed by atoms with E-state index in [0.717, 1.165) is 23.1 Å². The van der Waals surface area contributed by atoms with E-state index in [0.29, 0.717) is 12.2 Å². The molecule has 2 aromatic heterocycles. The van der Waals surface area contributed by atoms with E-state index in [1.54, 1.807) is 41.0 Å². The van der Waals surface area contributed by atoms with Gasteiger partial charge in [0.25, 0.3) is 11.5 Å². The molecule has 158 valence electrons. The normalized spacial score (nSPS) is 12.0. The molecule has 0 unspecified atom stereocenters. The Morgan fingerprint density at radius 3 is 2.56 bits per heavy atom. The number of aryl methyl sites for hydroxylation is 2. The largest absolute Gasteiger partial charge is 1.00 e. The van der Waals surface area contributed by atoms with Gasteiger partial charge >= 0.3 is 51.4 Å². The van der Waals surface area contributed by atoms with Crippen LogP contribution in [0, 0.1) is 12.3 Å². The first-order chi connectivity index (χ1) is 14.8. The van der Waals surface area contributed by atoms with Gasteiger partial charge in [0.2, 0.25) is 0 Å². The zero-order chi connectivity index (χ0) is 22.0. The van der Waals surface area contributed by atoms with E-state index in [1.165, 1.54) is 5.56 Å². The average molecular weight is 453 g/mol. The van der Waals surface area contributed by atoms with Crippen molar-refractivity contribution in [3.8, 4) is 0 Å². The Morgan fingerprint density at radius 1 is 1.19 bits per heavy atom. The van der Waals surface area contributed by atoms with Gasteiger partial charge in [0.15, 0.2) is 0 Å². The van der Waals surface area contributed by atoms with Gasteiger partial charge < -0.3 is 14.4 Å². The van der Waals surface area contributed by atoms with E-state index < -0.39 is 0 Å². The molecule has 0 saturated carbocycles. The standard InChI is InChI=1S/C18H13N2O2.C7H10NO.K/c21-17(19-14-7-2-1-3-8-14)15-11-13-6-4-5-12-9-10-20(16(12)13)18(15)22;1-7(2,3)6-4-5-8-9-6;/h2-8,11H,9-10H2,(H,19,21);4H,1-3H3;/q2*-1;+1. The fourth-order valence-corrected chi connectivity index (χ4v) is 3.54. The second kappa shape index (κ2) is 10.3. The third kappa shape index (κ3) is 5.30. The van der Waals surface area contributed by atoms with Crippen LogP contribution in [0.15, 0.2) is 63.9 Å². The Kier molecular flexibility index (Phi) is 7.90. The van der Waals surface area contributed by atoms with Crippen molar-refractivity contribution < 1.29 is 60.7 Å². The molecular weight excluding hydrogens is 429 g/mol. The number of benzene rings is 2. The summed E-state index contributed by atoms with van der Waals surface area (Å²) in [5, 5.41) is 7.18. The summed E-state index contributed by atoms with van der Waals surface area (Å²) in [5.41, 5.74) is 2.79. The van der Waals surface area contributed by atoms with Crippen molar-refractivity contribution >= 4 is 22.5 Å². The topological polar surface area (TPSA) is 77.1 Å². The first-order valence-electron chi connectivity index (χ1n) is 10.1. The maximum Gasteiger partial charge on any atom is 1.00 e. The third-order valence-corrected chi connectivity index (χ3v) is 5.15. The molecular formula is C25H23KN3O3-. The SMILES string of the molecule is CC(C)(C)c1c[c-]no1.O=C(Nc1cc[c-]cc1)c1cc2cccc3c2n(c1=O)CC3.[K+]. The molecule has 6 nitrogen and oxygen atoms in total. The van der Waals surface area contributed by atoms with Crippen LogP contribution in [-0.4, -0.2) is 15.6 Å². The molecule has 7 heteroatoms. The molecule has 32 heavy (non-hydrogen) atoms. The number of pyridine rings is 1. The molecule has 1 aliphatic heterocycles. The Morgan fingerprint density at radius 2 is 1.94 bits per heavy atom. The van der Waals surface area contributed by atoms with Crippen molar-refractivity contribution in [2.45, 2.75) is 39.2 Å². The fourth-order valence-electron chi connectivity index (χ4n) is 3.54. The molecule has 0 fully saturated rings. The molecule has 1 aliphatic rings. The van der Waals surface area contributed by atoms with Gasteiger partial charge in [-0.3, -0.25) is 9.59 Å². The number of anilines is 1. The Labute approximate surface area is 229 Å². The van der Waals surface area contributed by atoms with Crippen molar-refractivity contribution in [3.63, 3.8) is 0 Å². The zero-order valence-electron chi connectivity index (χ0n) is 18.7. The van der Waals surface area contributed by atoms with Gasteiger partial charge in [-0.1, -0.05) is 44.7 Å². The summed E-state index contributed by atoms with van der Waals surface area (Å²) < 4.78 is 6.60. The van der Waals surface area contributed by atoms with Crippen molar-refractivity contribution in [2.75, 3.05) is 5.32 Å². The average Bonchev–Trinajstić information content (AvgIpc) is 3.43. The Balaban J connectivity index is 0.000000246. The summed E-state index contributed by atoms with van der Waals surface area (Å²) in [6.45, 7) is 6.85. The van der Waals surface area contributed by atoms with Gasteiger partial charge in [-0.15, -0.1) is 18.3 Å². The zero-order valence-corrected chi connectivity index (χ0v) is 21.9. The third-order valence-electron chi connectivity index (χ3n) is 5.15. The molecule has 3 heterocycles. The van der Waals surface area contributed by atoms with E-state index in [-0.39, 0.29) is 73.8 Å². The van der Waals surface area contributed by atoms with Crippen LogP contribution in [0.3, 0.4) is 0 Å². The molecule has 4 aromatic rings. The second-order valence-corrected chi connectivity index (χ2v) is 8.43. The Bertz CT molecular complexity index is 1270. The molecule has 0 spiro atoms. The number of aromatic nitrogens is 2. The Hall–Kier alpha value is -2.03. The van der Waals surface area contributed by atoms with Crippen molar-refractivity contribution in [1.82, 2.24) is 9.72 Å². The molecule has 0 radical (unpaired) electrons. The van der Waals surface area contributed by atoms with Gasteiger partial charge in [-0.05, 0) is 34.6 Å². The number of nitrogens with one attached hydrogen (secondary N) is 1. The van der Waals surface area contributed by atoms with E-state index in [2.05, 4.69) is 43.5 Å². The summed E-state index contributed by atoms with van der Waals surface area (Å²) in [6.07, 6.45) is 3.46. The molecule has 2 aromatic carbocycles. The number of rotatable bonds is 2. The maximum atomic E-state index is 12.6. The molecule has 0 bridgehead atoms. The van der Waals surface area contributed by atoms with E-state index >= 15 is 0 Å². The van der Waals surface area contributed by atoms with Crippen LogP contribution in [0.5, 0.6) is 0 Å². The van der Waals surface area contributed by atoms with Crippen LogP contribution in [0.1, 0.15) is 42.5 Å². The van der Waals surface area contributed by atoms with Crippen LogP contribution in [0.25, 0.3) is 10.9 Å². The second-order valence-electron chi connectivity index (χ2n) is 8.43. The van der Waals surface area contributed by atoms with Crippen LogP contribution in [-0.2, 0) is 18.4 Å². The molecule has 1 amide bonds. The van der Waals surface area contributed by atoms with Gasteiger partial charge in [0.1, 0.15) is 5.56 Å². The minimum Gasteiger partial charge on any atom is -0.470 e. The molecule has 0 atom stereocenters. The van der Waals surface area contributed by atoms with Gasteiger partial charge in [0, 0.05) is 6.54 Å². The van der Waals surface area contributed by atoms with Gasteiger partial charge in [0.05, 0.1) is 5.52 Å². The van der Waals surface area contributed by atoms with E-state index in [1.807, 2.05) is 18.2 Å². The predicted molar refractivity (Wildman–Crippen MR) is 119 cm³/mol. The summed E-state index contributed by atoms with van der Waals surface area (Å²) in [4.78, 5) is 25.0. The van der Waals surface area contributed by atoms with Crippen LogP contribution in [0.4, 0.5) is 5.69 Å². The van der Waals surface area contributed by atoms with Crippen molar-refractivity contribution in [1.29, 1.82) is 0 Å². The summed E-state index contributed by atoms with van der Waals surface area (Å²) in [6, 6.07) is 19.2. The molecule has 1 N–H and O–H groups in total. The summed E-state index contributed by atoms with van der Waals surface area (Å²) in [5.74, 6) is 0.502. The maximum absolute atomic E-state index is 12.6. The number of nitrogens with zero attached hydrogens (tertiary/aromatic N) is 2. The van der Waals surface area contributed by atoms with Crippen LogP contribution >= 0.6 is 0 Å². The molecule has 0 saturated heterocycles. The van der Waals surface area contributed by atoms with Crippen molar-refractivity contribution in [3.05, 3.63) is 94.1 Å². The number of para-hydroxylation sites is 1. The van der Waals surface area contributed by atoms with Crippen LogP contribution < -0.4 is 62.3 Å². The summed E-state index contributed by atoms with van der Waals surface area (Å²) in [7, 11) is 0. The minimum atomic E-state index is -0.376. The first kappa shape index (κ1) is 24.6. The molecule has 5 rings (SSSR count). The predicted octanol–water partition coefficient (Wildman–Crippen LogP) is 1.39. The van der Waals surface area contributed by atoms with Gasteiger partial charge in [-0.25, -0.2) is 5.16 Å². The van der Waals surface area contributed by atoms with E-state index in [9.17, 15) is 9.59 Å². The summed E-state index contributed by atoms with van der Waals surface area (Å²) >= 11 is 0. The smallest absolute Gasteiger partial charge is 0.470 e. The van der Waals surface area contributed by atoms with E-state index in [4.69, 9.17) is 4.52 Å². The quantitative estimate of drug-likeness (QED) is 0.368. The number of carbonyl (C=O) groups excluding carboxylic acids is 1.